The average molecular weight is 280 g/mol. The van der Waals surface area contributed by atoms with Crippen LogP contribution in [0.3, 0.4) is 0 Å². The Labute approximate surface area is 111 Å². The molecular weight excluding hydrogens is 273 g/mol. The van der Waals surface area contributed by atoms with Gasteiger partial charge in [0.05, 0.1) is 5.56 Å². The fourth-order valence-corrected chi connectivity index (χ4v) is 2.22. The lowest BCUT2D eigenvalue weighted by Crippen LogP contribution is -2.04. The molecule has 0 unspecified atom stereocenters. The highest BCUT2D eigenvalue weighted by Crippen LogP contribution is 2.34. The maximum absolute atomic E-state index is 12.5. The zero-order valence-corrected chi connectivity index (χ0v) is 10.3. The van der Waals surface area contributed by atoms with Crippen molar-refractivity contribution in [2.75, 3.05) is 0 Å². The number of nitriles is 1. The molecule has 2 nitrogen and oxygen atoms in total. The molecule has 0 atom stereocenters. The monoisotopic (exact) mass is 280 g/mol. The Morgan fingerprint density at radius 2 is 1.89 bits per heavy atom. The summed E-state index contributed by atoms with van der Waals surface area (Å²) in [6, 6.07) is 10.1. The number of benzene rings is 1. The minimum atomic E-state index is -4.35. The molecule has 0 aliphatic carbocycles. The van der Waals surface area contributed by atoms with Crippen LogP contribution in [0, 0.1) is 11.3 Å². The number of hydrogen-bond donors (Lipinski definition) is 0. The Bertz CT molecular complexity index is 615. The van der Waals surface area contributed by atoms with Crippen molar-refractivity contribution in [1.82, 2.24) is 4.98 Å². The lowest BCUT2D eigenvalue weighted by Gasteiger charge is -2.08. The van der Waals surface area contributed by atoms with Crippen LogP contribution in [0.15, 0.2) is 52.4 Å². The van der Waals surface area contributed by atoms with Crippen LogP contribution in [0.2, 0.25) is 0 Å². The minimum Gasteiger partial charge on any atom is -0.244 e. The number of nitrogens with zero attached hydrogens (tertiary/aromatic N) is 2. The fraction of sp³-hybridized carbons (Fsp3) is 0.0769. The standard InChI is InChI=1S/C13H7F3N2S/c14-13(15,16)9-2-1-3-11(6-9)19-12-5-4-10(7-17)18-8-12/h1-6,8H. The molecule has 6 heteroatoms. The van der Waals surface area contributed by atoms with Gasteiger partial charge >= 0.3 is 6.18 Å². The first kappa shape index (κ1) is 13.4. The summed E-state index contributed by atoms with van der Waals surface area (Å²) in [6.07, 6.45) is -2.89. The van der Waals surface area contributed by atoms with Crippen molar-refractivity contribution in [1.29, 1.82) is 5.26 Å². The largest absolute Gasteiger partial charge is 0.416 e. The first-order valence-corrected chi connectivity index (χ1v) is 6.02. The van der Waals surface area contributed by atoms with Gasteiger partial charge in [0.25, 0.3) is 0 Å². The molecule has 0 radical (unpaired) electrons. The third-order valence-corrected chi connectivity index (χ3v) is 3.21. The molecule has 1 heterocycles. The van der Waals surface area contributed by atoms with Crippen molar-refractivity contribution >= 4 is 11.8 Å². The smallest absolute Gasteiger partial charge is 0.244 e. The van der Waals surface area contributed by atoms with Crippen LogP contribution in [0.1, 0.15) is 11.3 Å². The molecular formula is C13H7F3N2S. The number of rotatable bonds is 2. The third kappa shape index (κ3) is 3.48. The molecule has 0 aliphatic heterocycles. The number of aromatic nitrogens is 1. The third-order valence-electron chi connectivity index (χ3n) is 2.25. The van der Waals surface area contributed by atoms with Crippen molar-refractivity contribution in [3.63, 3.8) is 0 Å². The fourth-order valence-electron chi connectivity index (χ4n) is 1.38. The Balaban J connectivity index is 2.21. The van der Waals surface area contributed by atoms with E-state index in [0.29, 0.717) is 9.79 Å². The molecule has 1 aromatic heterocycles. The van der Waals surface area contributed by atoms with E-state index in [1.54, 1.807) is 12.1 Å². The maximum Gasteiger partial charge on any atom is 0.416 e. The van der Waals surface area contributed by atoms with E-state index in [2.05, 4.69) is 4.98 Å². The van der Waals surface area contributed by atoms with Gasteiger partial charge in [0.1, 0.15) is 11.8 Å². The molecule has 0 aliphatic rings. The summed E-state index contributed by atoms with van der Waals surface area (Å²) in [6.45, 7) is 0. The summed E-state index contributed by atoms with van der Waals surface area (Å²) in [7, 11) is 0. The van der Waals surface area contributed by atoms with Crippen LogP contribution < -0.4 is 0 Å². The summed E-state index contributed by atoms with van der Waals surface area (Å²) in [5.41, 5.74) is -0.410. The van der Waals surface area contributed by atoms with Crippen molar-refractivity contribution in [3.05, 3.63) is 53.9 Å². The normalized spacial score (nSPS) is 11.1. The van der Waals surface area contributed by atoms with Crippen LogP contribution in [-0.4, -0.2) is 4.98 Å². The topological polar surface area (TPSA) is 36.7 Å². The van der Waals surface area contributed by atoms with Gasteiger partial charge in [-0.05, 0) is 30.3 Å². The second kappa shape index (κ2) is 5.33. The molecule has 19 heavy (non-hydrogen) atoms. The number of hydrogen-bond acceptors (Lipinski definition) is 3. The molecule has 2 aromatic rings. The molecule has 0 N–H and O–H groups in total. The SMILES string of the molecule is N#Cc1ccc(Sc2cccc(C(F)(F)F)c2)cn1. The average Bonchev–Trinajstić information content (AvgIpc) is 2.39. The summed E-state index contributed by atoms with van der Waals surface area (Å²) in [5, 5.41) is 8.60. The van der Waals surface area contributed by atoms with Gasteiger partial charge in [-0.2, -0.15) is 18.4 Å². The van der Waals surface area contributed by atoms with Crippen molar-refractivity contribution in [3.8, 4) is 6.07 Å². The summed E-state index contributed by atoms with van der Waals surface area (Å²) in [5.74, 6) is 0. The summed E-state index contributed by atoms with van der Waals surface area (Å²) >= 11 is 1.17. The molecule has 0 bridgehead atoms. The van der Waals surface area contributed by atoms with Gasteiger partial charge in [0.15, 0.2) is 0 Å². The van der Waals surface area contributed by atoms with E-state index in [4.69, 9.17) is 5.26 Å². The Morgan fingerprint density at radius 3 is 2.47 bits per heavy atom. The molecule has 0 fully saturated rings. The van der Waals surface area contributed by atoms with E-state index in [0.717, 1.165) is 12.1 Å². The van der Waals surface area contributed by atoms with Crippen molar-refractivity contribution in [2.45, 2.75) is 16.0 Å². The van der Waals surface area contributed by atoms with E-state index in [1.165, 1.54) is 30.1 Å². The van der Waals surface area contributed by atoms with Crippen molar-refractivity contribution in [2.24, 2.45) is 0 Å². The predicted octanol–water partition coefficient (Wildman–Crippen LogP) is 4.12. The molecule has 96 valence electrons. The highest BCUT2D eigenvalue weighted by atomic mass is 32.2. The van der Waals surface area contributed by atoms with Gasteiger partial charge in [-0.1, -0.05) is 17.8 Å². The lowest BCUT2D eigenvalue weighted by atomic mass is 10.2. The minimum absolute atomic E-state index is 0.272. The highest BCUT2D eigenvalue weighted by molar-refractivity contribution is 7.99. The van der Waals surface area contributed by atoms with Crippen LogP contribution >= 0.6 is 11.8 Å². The van der Waals surface area contributed by atoms with Crippen LogP contribution in [-0.2, 0) is 6.18 Å². The number of pyridine rings is 1. The van der Waals surface area contributed by atoms with E-state index < -0.39 is 11.7 Å². The second-order valence-corrected chi connectivity index (χ2v) is 4.77. The zero-order valence-electron chi connectivity index (χ0n) is 9.48. The molecule has 0 spiro atoms. The van der Waals surface area contributed by atoms with Crippen LogP contribution in [0.4, 0.5) is 13.2 Å². The predicted molar refractivity (Wildman–Crippen MR) is 64.5 cm³/mol. The van der Waals surface area contributed by atoms with E-state index in [9.17, 15) is 13.2 Å². The van der Waals surface area contributed by atoms with E-state index in [-0.39, 0.29) is 5.69 Å². The van der Waals surface area contributed by atoms with Gasteiger partial charge in [0, 0.05) is 16.0 Å². The quantitative estimate of drug-likeness (QED) is 0.830. The maximum atomic E-state index is 12.5. The van der Waals surface area contributed by atoms with Crippen molar-refractivity contribution < 1.29 is 13.2 Å². The van der Waals surface area contributed by atoms with Gasteiger partial charge < -0.3 is 0 Å². The molecule has 0 saturated heterocycles. The molecule has 0 amide bonds. The first-order chi connectivity index (χ1) is 8.99. The van der Waals surface area contributed by atoms with Crippen LogP contribution in [0.25, 0.3) is 0 Å². The number of alkyl halides is 3. The van der Waals surface area contributed by atoms with Gasteiger partial charge in [-0.3, -0.25) is 0 Å². The number of halogens is 3. The van der Waals surface area contributed by atoms with Gasteiger partial charge in [-0.25, -0.2) is 4.98 Å². The molecule has 0 saturated carbocycles. The van der Waals surface area contributed by atoms with Crippen LogP contribution in [0.5, 0.6) is 0 Å². The zero-order chi connectivity index (χ0) is 13.9. The Kier molecular flexibility index (Phi) is 3.76. The van der Waals surface area contributed by atoms with E-state index >= 15 is 0 Å². The van der Waals surface area contributed by atoms with Gasteiger partial charge in [0.2, 0.25) is 0 Å². The highest BCUT2D eigenvalue weighted by Gasteiger charge is 2.30. The summed E-state index contributed by atoms with van der Waals surface area (Å²) < 4.78 is 37.6. The first-order valence-electron chi connectivity index (χ1n) is 5.20. The van der Waals surface area contributed by atoms with E-state index in [1.807, 2.05) is 6.07 Å². The summed E-state index contributed by atoms with van der Waals surface area (Å²) in [4.78, 5) is 5.01. The second-order valence-electron chi connectivity index (χ2n) is 3.62. The molecule has 2 rings (SSSR count). The lowest BCUT2D eigenvalue weighted by molar-refractivity contribution is -0.137. The Morgan fingerprint density at radius 1 is 1.11 bits per heavy atom. The molecule has 1 aromatic carbocycles. The van der Waals surface area contributed by atoms with Gasteiger partial charge in [-0.15, -0.1) is 0 Å². The Hall–Kier alpha value is -2.00.